The summed E-state index contributed by atoms with van der Waals surface area (Å²) < 4.78 is 24.5. The van der Waals surface area contributed by atoms with Crippen LogP contribution < -0.4 is 14.4 Å². The molecule has 0 aromatic heterocycles. The molecule has 0 N–H and O–H groups in total. The Morgan fingerprint density at radius 3 is 2.82 bits per heavy atom. The Morgan fingerprint density at radius 2 is 2.00 bits per heavy atom. The fourth-order valence-corrected chi connectivity index (χ4v) is 2.40. The first-order chi connectivity index (χ1) is 10.6. The highest BCUT2D eigenvalue weighted by Crippen LogP contribution is 2.33. The Morgan fingerprint density at radius 1 is 1.27 bits per heavy atom. The summed E-state index contributed by atoms with van der Waals surface area (Å²) in [6.45, 7) is 2.12. The van der Waals surface area contributed by atoms with Gasteiger partial charge in [-0.3, -0.25) is 4.79 Å². The zero-order valence-corrected chi connectivity index (χ0v) is 12.2. The third-order valence-electron chi connectivity index (χ3n) is 3.41. The van der Waals surface area contributed by atoms with Crippen molar-refractivity contribution in [2.45, 2.75) is 13.0 Å². The number of carbonyl (C=O) groups is 1. The van der Waals surface area contributed by atoms with Crippen LogP contribution in [0.1, 0.15) is 6.92 Å². The van der Waals surface area contributed by atoms with Crippen molar-refractivity contribution in [3.63, 3.8) is 0 Å². The van der Waals surface area contributed by atoms with Gasteiger partial charge in [-0.2, -0.15) is 0 Å². The SMILES string of the molecule is CC1CN(C(=O)COc2ccccc2F)c2ccccc2O1. The molecule has 0 saturated carbocycles. The number of amides is 1. The summed E-state index contributed by atoms with van der Waals surface area (Å²) in [6, 6.07) is 13.4. The Kier molecular flexibility index (Phi) is 3.96. The van der Waals surface area contributed by atoms with Crippen molar-refractivity contribution in [2.24, 2.45) is 0 Å². The predicted molar refractivity (Wildman–Crippen MR) is 80.8 cm³/mol. The first-order valence-corrected chi connectivity index (χ1v) is 7.08. The van der Waals surface area contributed by atoms with E-state index in [2.05, 4.69) is 0 Å². The second-order valence-corrected chi connectivity index (χ2v) is 5.12. The van der Waals surface area contributed by atoms with Gasteiger partial charge in [-0.1, -0.05) is 24.3 Å². The summed E-state index contributed by atoms with van der Waals surface area (Å²) in [5.74, 6) is 0.0304. The molecule has 0 bridgehead atoms. The monoisotopic (exact) mass is 301 g/mol. The van der Waals surface area contributed by atoms with Crippen molar-refractivity contribution in [1.29, 1.82) is 0 Å². The van der Waals surface area contributed by atoms with Crippen molar-refractivity contribution in [1.82, 2.24) is 0 Å². The number of para-hydroxylation sites is 3. The molecule has 3 rings (SSSR count). The Balaban J connectivity index is 1.74. The minimum Gasteiger partial charge on any atom is -0.487 e. The normalized spacial score (nSPS) is 16.6. The minimum absolute atomic E-state index is 0.0745. The summed E-state index contributed by atoms with van der Waals surface area (Å²) in [5, 5.41) is 0. The number of benzene rings is 2. The van der Waals surface area contributed by atoms with E-state index in [4.69, 9.17) is 9.47 Å². The van der Waals surface area contributed by atoms with E-state index in [1.54, 1.807) is 17.0 Å². The predicted octanol–water partition coefficient (Wildman–Crippen LogP) is 3.02. The number of hydrogen-bond acceptors (Lipinski definition) is 3. The second-order valence-electron chi connectivity index (χ2n) is 5.12. The maximum atomic E-state index is 13.5. The van der Waals surface area contributed by atoms with Gasteiger partial charge < -0.3 is 14.4 Å². The lowest BCUT2D eigenvalue weighted by Gasteiger charge is -2.33. The van der Waals surface area contributed by atoms with E-state index in [1.807, 2.05) is 31.2 Å². The summed E-state index contributed by atoms with van der Waals surface area (Å²) >= 11 is 0. The highest BCUT2D eigenvalue weighted by atomic mass is 19.1. The maximum absolute atomic E-state index is 13.5. The number of ether oxygens (including phenoxy) is 2. The molecule has 2 aromatic carbocycles. The number of rotatable bonds is 3. The fourth-order valence-electron chi connectivity index (χ4n) is 2.40. The standard InChI is InChI=1S/C17H16FNO3/c1-12-10-19(14-7-3-5-9-16(14)22-12)17(20)11-21-15-8-4-2-6-13(15)18/h2-9,12H,10-11H2,1H3. The molecule has 1 atom stereocenters. The van der Waals surface area contributed by atoms with E-state index < -0.39 is 5.82 Å². The number of fused-ring (bicyclic) bond motifs is 1. The van der Waals surface area contributed by atoms with Crippen LogP contribution in [0.2, 0.25) is 0 Å². The van der Waals surface area contributed by atoms with Gasteiger partial charge in [-0.15, -0.1) is 0 Å². The van der Waals surface area contributed by atoms with Crippen LogP contribution >= 0.6 is 0 Å². The molecule has 5 heteroatoms. The molecule has 22 heavy (non-hydrogen) atoms. The zero-order chi connectivity index (χ0) is 15.5. The quantitative estimate of drug-likeness (QED) is 0.874. The maximum Gasteiger partial charge on any atom is 0.265 e. The largest absolute Gasteiger partial charge is 0.487 e. The lowest BCUT2D eigenvalue weighted by molar-refractivity contribution is -0.121. The highest BCUT2D eigenvalue weighted by Gasteiger charge is 2.27. The molecule has 1 unspecified atom stereocenters. The van der Waals surface area contributed by atoms with Crippen molar-refractivity contribution in [3.05, 3.63) is 54.3 Å². The molecule has 0 spiro atoms. The molecular formula is C17H16FNO3. The van der Waals surface area contributed by atoms with Crippen molar-refractivity contribution in [3.8, 4) is 11.5 Å². The topological polar surface area (TPSA) is 38.8 Å². The Bertz CT molecular complexity index is 689. The smallest absolute Gasteiger partial charge is 0.265 e. The van der Waals surface area contributed by atoms with Gasteiger partial charge in [0.15, 0.2) is 18.2 Å². The first-order valence-electron chi connectivity index (χ1n) is 7.08. The van der Waals surface area contributed by atoms with E-state index in [9.17, 15) is 9.18 Å². The van der Waals surface area contributed by atoms with Crippen LogP contribution in [0.4, 0.5) is 10.1 Å². The van der Waals surface area contributed by atoms with Gasteiger partial charge in [0.25, 0.3) is 5.91 Å². The number of nitrogens with zero attached hydrogens (tertiary/aromatic N) is 1. The third-order valence-corrected chi connectivity index (χ3v) is 3.41. The first kappa shape index (κ1) is 14.4. The van der Waals surface area contributed by atoms with Gasteiger partial charge in [0, 0.05) is 0 Å². The van der Waals surface area contributed by atoms with Crippen LogP contribution in [0.25, 0.3) is 0 Å². The second kappa shape index (κ2) is 6.05. The van der Waals surface area contributed by atoms with E-state index in [-0.39, 0.29) is 24.4 Å². The van der Waals surface area contributed by atoms with Crippen LogP contribution in [0.3, 0.4) is 0 Å². The molecular weight excluding hydrogens is 285 g/mol. The Hall–Kier alpha value is -2.56. The summed E-state index contributed by atoms with van der Waals surface area (Å²) in [5.41, 5.74) is 0.711. The molecule has 114 valence electrons. The summed E-state index contributed by atoms with van der Waals surface area (Å²) in [7, 11) is 0. The van der Waals surface area contributed by atoms with E-state index >= 15 is 0 Å². The number of anilines is 1. The molecule has 0 radical (unpaired) electrons. The number of halogens is 1. The third kappa shape index (κ3) is 2.88. The molecule has 1 heterocycles. The van der Waals surface area contributed by atoms with Crippen molar-refractivity contribution in [2.75, 3.05) is 18.1 Å². The molecule has 1 amide bonds. The van der Waals surface area contributed by atoms with Crippen LogP contribution in [-0.2, 0) is 4.79 Å². The lowest BCUT2D eigenvalue weighted by atomic mass is 10.2. The molecule has 0 fully saturated rings. The lowest BCUT2D eigenvalue weighted by Crippen LogP contribution is -2.44. The Labute approximate surface area is 128 Å². The molecule has 0 saturated heterocycles. The summed E-state index contributed by atoms with van der Waals surface area (Å²) in [4.78, 5) is 14.0. The van der Waals surface area contributed by atoms with Gasteiger partial charge in [0.05, 0.1) is 12.2 Å². The van der Waals surface area contributed by atoms with E-state index in [0.29, 0.717) is 18.0 Å². The molecule has 0 aliphatic carbocycles. The molecule has 1 aliphatic heterocycles. The van der Waals surface area contributed by atoms with Gasteiger partial charge >= 0.3 is 0 Å². The van der Waals surface area contributed by atoms with Crippen LogP contribution in [-0.4, -0.2) is 25.2 Å². The molecule has 2 aromatic rings. The number of carbonyl (C=O) groups excluding carboxylic acids is 1. The van der Waals surface area contributed by atoms with Crippen LogP contribution in [0.15, 0.2) is 48.5 Å². The van der Waals surface area contributed by atoms with Crippen molar-refractivity contribution >= 4 is 11.6 Å². The molecule has 4 nitrogen and oxygen atoms in total. The van der Waals surface area contributed by atoms with Gasteiger partial charge in [-0.05, 0) is 31.2 Å². The van der Waals surface area contributed by atoms with Gasteiger partial charge in [-0.25, -0.2) is 4.39 Å². The zero-order valence-electron chi connectivity index (χ0n) is 12.2. The van der Waals surface area contributed by atoms with Gasteiger partial charge in [0.1, 0.15) is 11.9 Å². The van der Waals surface area contributed by atoms with Crippen LogP contribution in [0, 0.1) is 5.82 Å². The van der Waals surface area contributed by atoms with Gasteiger partial charge in [0.2, 0.25) is 0 Å². The van der Waals surface area contributed by atoms with E-state index in [0.717, 1.165) is 0 Å². The number of hydrogen-bond donors (Lipinski definition) is 0. The minimum atomic E-state index is -0.481. The highest BCUT2D eigenvalue weighted by molar-refractivity contribution is 5.96. The van der Waals surface area contributed by atoms with Crippen LogP contribution in [0.5, 0.6) is 11.5 Å². The van der Waals surface area contributed by atoms with E-state index in [1.165, 1.54) is 12.1 Å². The average Bonchev–Trinajstić information content (AvgIpc) is 2.53. The summed E-state index contributed by atoms with van der Waals surface area (Å²) in [6.07, 6.45) is -0.104. The van der Waals surface area contributed by atoms with Crippen molar-refractivity contribution < 1.29 is 18.7 Å². The fraction of sp³-hybridized carbons (Fsp3) is 0.235. The average molecular weight is 301 g/mol. The molecule has 1 aliphatic rings.